The van der Waals surface area contributed by atoms with Crippen LogP contribution in [0.25, 0.3) is 0 Å². The molecule has 0 aliphatic carbocycles. The van der Waals surface area contributed by atoms with Crippen LogP contribution < -0.4 is 0 Å². The van der Waals surface area contributed by atoms with E-state index in [4.69, 9.17) is 0 Å². The van der Waals surface area contributed by atoms with Gasteiger partial charge in [0.2, 0.25) is 5.91 Å². The molecule has 0 radical (unpaired) electrons. The first kappa shape index (κ1) is 10.9. The highest BCUT2D eigenvalue weighted by Gasteiger charge is 2.26. The highest BCUT2D eigenvalue weighted by Crippen LogP contribution is 2.22. The van der Waals surface area contributed by atoms with Crippen LogP contribution in [-0.4, -0.2) is 17.4 Å². The number of carbonyl (C=O) groups excluding carboxylic acids is 1. The molecule has 2 rings (SSSR count). The van der Waals surface area contributed by atoms with E-state index in [-0.39, 0.29) is 5.91 Å². The highest BCUT2D eigenvalue weighted by molar-refractivity contribution is 5.96. The molecule has 0 aromatic heterocycles. The summed E-state index contributed by atoms with van der Waals surface area (Å²) in [6.45, 7) is 5.61. The molecule has 16 heavy (non-hydrogen) atoms. The van der Waals surface area contributed by atoms with Crippen LogP contribution in [0.4, 0.5) is 0 Å². The Hall–Kier alpha value is -1.57. The van der Waals surface area contributed by atoms with E-state index in [1.165, 1.54) is 11.1 Å². The second kappa shape index (κ2) is 4.52. The quantitative estimate of drug-likeness (QED) is 0.759. The second-order valence-electron chi connectivity index (χ2n) is 4.26. The van der Waals surface area contributed by atoms with Gasteiger partial charge in [0.05, 0.1) is 0 Å². The molecule has 0 spiro atoms. The first-order valence-electron chi connectivity index (χ1n) is 5.74. The molecule has 1 amide bonds. The van der Waals surface area contributed by atoms with Crippen LogP contribution in [0.15, 0.2) is 41.5 Å². The van der Waals surface area contributed by atoms with Crippen molar-refractivity contribution in [3.63, 3.8) is 0 Å². The minimum atomic E-state index is 0.212. The standard InChI is InChI=1S/C14H17NO/c1-3-13-11(2)9-15(14(13)16)10-12-7-5-4-6-8-12/h4-8H,3,9-10H2,1-2H3. The van der Waals surface area contributed by atoms with E-state index in [1.807, 2.05) is 30.0 Å². The predicted octanol–water partition coefficient (Wildman–Crippen LogP) is 2.76. The van der Waals surface area contributed by atoms with Crippen LogP contribution >= 0.6 is 0 Å². The van der Waals surface area contributed by atoms with Crippen molar-refractivity contribution in [3.8, 4) is 0 Å². The summed E-state index contributed by atoms with van der Waals surface area (Å²) in [4.78, 5) is 13.9. The molecule has 0 saturated heterocycles. The molecule has 0 N–H and O–H groups in total. The van der Waals surface area contributed by atoms with E-state index in [0.717, 1.165) is 25.1 Å². The third-order valence-corrected chi connectivity index (χ3v) is 3.06. The molecule has 2 heteroatoms. The second-order valence-corrected chi connectivity index (χ2v) is 4.26. The first-order valence-corrected chi connectivity index (χ1v) is 5.74. The summed E-state index contributed by atoms with van der Waals surface area (Å²) in [6, 6.07) is 10.1. The van der Waals surface area contributed by atoms with Gasteiger partial charge in [-0.1, -0.05) is 37.3 Å². The minimum Gasteiger partial charge on any atom is -0.331 e. The number of hydrogen-bond acceptors (Lipinski definition) is 1. The monoisotopic (exact) mass is 215 g/mol. The van der Waals surface area contributed by atoms with E-state index in [2.05, 4.69) is 19.1 Å². The maximum Gasteiger partial charge on any atom is 0.250 e. The van der Waals surface area contributed by atoms with Gasteiger partial charge in [-0.05, 0) is 24.5 Å². The Morgan fingerprint density at radius 1 is 1.25 bits per heavy atom. The maximum absolute atomic E-state index is 12.0. The Bertz CT molecular complexity index is 420. The fourth-order valence-corrected chi connectivity index (χ4v) is 2.21. The summed E-state index contributed by atoms with van der Waals surface area (Å²) < 4.78 is 0. The Kier molecular flexibility index (Phi) is 3.09. The third kappa shape index (κ3) is 2.01. The average molecular weight is 215 g/mol. The first-order chi connectivity index (χ1) is 7.72. The average Bonchev–Trinajstić information content (AvgIpc) is 2.55. The third-order valence-electron chi connectivity index (χ3n) is 3.06. The van der Waals surface area contributed by atoms with Crippen molar-refractivity contribution in [2.75, 3.05) is 6.54 Å². The van der Waals surface area contributed by atoms with Gasteiger partial charge >= 0.3 is 0 Å². The number of benzene rings is 1. The van der Waals surface area contributed by atoms with Gasteiger partial charge in [0.1, 0.15) is 0 Å². The van der Waals surface area contributed by atoms with Gasteiger partial charge in [-0.2, -0.15) is 0 Å². The van der Waals surface area contributed by atoms with Gasteiger partial charge in [-0.25, -0.2) is 0 Å². The van der Waals surface area contributed by atoms with Gasteiger partial charge in [-0.15, -0.1) is 0 Å². The van der Waals surface area contributed by atoms with Crippen molar-refractivity contribution >= 4 is 5.91 Å². The number of carbonyl (C=O) groups is 1. The molecule has 0 fully saturated rings. The summed E-state index contributed by atoms with van der Waals surface area (Å²) in [6.07, 6.45) is 0.843. The lowest BCUT2D eigenvalue weighted by Crippen LogP contribution is -2.26. The Morgan fingerprint density at radius 2 is 1.94 bits per heavy atom. The summed E-state index contributed by atoms with van der Waals surface area (Å²) in [7, 11) is 0. The SMILES string of the molecule is CCC1=C(C)CN(Cc2ccccc2)C1=O. The van der Waals surface area contributed by atoms with E-state index in [0.29, 0.717) is 0 Å². The fraction of sp³-hybridized carbons (Fsp3) is 0.357. The Balaban J connectivity index is 2.08. The molecular formula is C14H17NO. The smallest absolute Gasteiger partial charge is 0.250 e. The van der Waals surface area contributed by atoms with Crippen LogP contribution in [0.5, 0.6) is 0 Å². The molecule has 1 aromatic rings. The van der Waals surface area contributed by atoms with Crippen molar-refractivity contribution in [2.24, 2.45) is 0 Å². The van der Waals surface area contributed by atoms with Crippen molar-refractivity contribution in [1.29, 1.82) is 0 Å². The normalized spacial score (nSPS) is 16.1. The molecule has 0 bridgehead atoms. The topological polar surface area (TPSA) is 20.3 Å². The molecule has 1 aliphatic rings. The largest absolute Gasteiger partial charge is 0.331 e. The Labute approximate surface area is 96.6 Å². The van der Waals surface area contributed by atoms with Gasteiger partial charge < -0.3 is 4.90 Å². The molecule has 1 heterocycles. The van der Waals surface area contributed by atoms with Gasteiger partial charge in [0.15, 0.2) is 0 Å². The lowest BCUT2D eigenvalue weighted by atomic mass is 10.1. The van der Waals surface area contributed by atoms with Gasteiger partial charge in [0.25, 0.3) is 0 Å². The van der Waals surface area contributed by atoms with Crippen LogP contribution in [0, 0.1) is 0 Å². The predicted molar refractivity (Wildman–Crippen MR) is 64.9 cm³/mol. The zero-order valence-electron chi connectivity index (χ0n) is 9.86. The van der Waals surface area contributed by atoms with E-state index < -0.39 is 0 Å². The van der Waals surface area contributed by atoms with Crippen molar-refractivity contribution in [1.82, 2.24) is 4.90 Å². The van der Waals surface area contributed by atoms with Crippen LogP contribution in [-0.2, 0) is 11.3 Å². The summed E-state index contributed by atoms with van der Waals surface area (Å²) in [5, 5.41) is 0. The zero-order chi connectivity index (χ0) is 11.5. The van der Waals surface area contributed by atoms with E-state index in [1.54, 1.807) is 0 Å². The van der Waals surface area contributed by atoms with Crippen LogP contribution in [0.1, 0.15) is 25.8 Å². The highest BCUT2D eigenvalue weighted by atomic mass is 16.2. The van der Waals surface area contributed by atoms with Crippen molar-refractivity contribution in [3.05, 3.63) is 47.0 Å². The summed E-state index contributed by atoms with van der Waals surface area (Å²) >= 11 is 0. The molecule has 0 unspecified atom stereocenters. The number of hydrogen-bond donors (Lipinski definition) is 0. The molecule has 1 aliphatic heterocycles. The van der Waals surface area contributed by atoms with Gasteiger partial charge in [-0.3, -0.25) is 4.79 Å². The molecular weight excluding hydrogens is 198 g/mol. The minimum absolute atomic E-state index is 0.212. The van der Waals surface area contributed by atoms with Crippen molar-refractivity contribution < 1.29 is 4.79 Å². The number of nitrogens with zero attached hydrogens (tertiary/aromatic N) is 1. The zero-order valence-corrected chi connectivity index (χ0v) is 9.86. The molecule has 2 nitrogen and oxygen atoms in total. The summed E-state index contributed by atoms with van der Waals surface area (Å²) in [5.41, 5.74) is 3.42. The van der Waals surface area contributed by atoms with Crippen LogP contribution in [0.3, 0.4) is 0 Å². The molecule has 84 valence electrons. The Morgan fingerprint density at radius 3 is 2.50 bits per heavy atom. The fourth-order valence-electron chi connectivity index (χ4n) is 2.21. The van der Waals surface area contributed by atoms with E-state index >= 15 is 0 Å². The van der Waals surface area contributed by atoms with E-state index in [9.17, 15) is 4.79 Å². The molecule has 1 aromatic carbocycles. The molecule has 0 saturated carbocycles. The number of rotatable bonds is 3. The van der Waals surface area contributed by atoms with Crippen molar-refractivity contribution in [2.45, 2.75) is 26.8 Å². The number of amides is 1. The van der Waals surface area contributed by atoms with Crippen LogP contribution in [0.2, 0.25) is 0 Å². The molecule has 0 atom stereocenters. The maximum atomic E-state index is 12.0. The lowest BCUT2D eigenvalue weighted by molar-refractivity contribution is -0.126. The summed E-state index contributed by atoms with van der Waals surface area (Å²) in [5.74, 6) is 0.212. The lowest BCUT2D eigenvalue weighted by Gasteiger charge is -2.16. The van der Waals surface area contributed by atoms with Gasteiger partial charge in [0, 0.05) is 18.7 Å².